The van der Waals surface area contributed by atoms with Crippen LogP contribution in [0.4, 0.5) is 0 Å². The molecular weight excluding hydrogens is 220 g/mol. The lowest BCUT2D eigenvalue weighted by Crippen LogP contribution is -2.78. The van der Waals surface area contributed by atoms with Crippen LogP contribution in [-0.2, 0) is 19.0 Å². The summed E-state index contributed by atoms with van der Waals surface area (Å²) >= 11 is 0. The van der Waals surface area contributed by atoms with Crippen LogP contribution >= 0.6 is 0 Å². The van der Waals surface area contributed by atoms with Crippen molar-refractivity contribution in [3.05, 3.63) is 0 Å². The molecule has 1 saturated carbocycles. The smallest absolute Gasteiger partial charge is 0.201 e. The largest absolute Gasteiger partial charge is 0.365 e. The first-order chi connectivity index (χ1) is 7.72. The Morgan fingerprint density at radius 1 is 1.18 bits per heavy atom. The van der Waals surface area contributed by atoms with Gasteiger partial charge in [0.2, 0.25) is 5.79 Å². The first-order valence-corrected chi connectivity index (χ1v) is 6.03. The van der Waals surface area contributed by atoms with Gasteiger partial charge in [-0.15, -0.1) is 0 Å². The van der Waals surface area contributed by atoms with Gasteiger partial charge in [-0.25, -0.2) is 0 Å². The average Bonchev–Trinajstić information content (AvgIpc) is 2.16. The van der Waals surface area contributed by atoms with Gasteiger partial charge in [-0.05, 0) is 13.8 Å². The highest BCUT2D eigenvalue weighted by atomic mass is 16.7. The molecule has 0 spiro atoms. The van der Waals surface area contributed by atoms with Gasteiger partial charge in [-0.1, -0.05) is 13.8 Å². The molecule has 0 aromatic rings. The molecule has 0 aromatic heterocycles. The third kappa shape index (κ3) is 1.44. The summed E-state index contributed by atoms with van der Waals surface area (Å²) in [5.41, 5.74) is -0.786. The fourth-order valence-electron chi connectivity index (χ4n) is 3.56. The van der Waals surface area contributed by atoms with Crippen molar-refractivity contribution in [1.29, 1.82) is 0 Å². The van der Waals surface area contributed by atoms with E-state index in [0.717, 1.165) is 0 Å². The lowest BCUT2D eigenvalue weighted by Gasteiger charge is -2.66. The van der Waals surface area contributed by atoms with Crippen molar-refractivity contribution in [2.24, 2.45) is 11.3 Å². The van der Waals surface area contributed by atoms with E-state index in [-0.39, 0.29) is 23.2 Å². The highest BCUT2D eigenvalue weighted by Gasteiger charge is 2.74. The second-order valence-corrected chi connectivity index (χ2v) is 6.22. The van der Waals surface area contributed by atoms with Crippen LogP contribution in [-0.4, -0.2) is 37.5 Å². The molecule has 2 atom stereocenters. The summed E-state index contributed by atoms with van der Waals surface area (Å²) in [5, 5.41) is 0. The topological polar surface area (TPSA) is 44.8 Å². The van der Waals surface area contributed by atoms with Gasteiger partial charge < -0.3 is 14.2 Å². The summed E-state index contributed by atoms with van der Waals surface area (Å²) in [7, 11) is 3.22. The van der Waals surface area contributed by atoms with E-state index in [1.807, 2.05) is 27.7 Å². The van der Waals surface area contributed by atoms with Crippen LogP contribution in [0.3, 0.4) is 0 Å². The van der Waals surface area contributed by atoms with Crippen LogP contribution in [0.1, 0.15) is 34.1 Å². The van der Waals surface area contributed by atoms with E-state index in [0.29, 0.717) is 6.42 Å². The van der Waals surface area contributed by atoms with Crippen LogP contribution in [0.2, 0.25) is 0 Å². The van der Waals surface area contributed by atoms with E-state index in [2.05, 4.69) is 0 Å². The van der Waals surface area contributed by atoms with E-state index in [1.165, 1.54) is 0 Å². The maximum absolute atomic E-state index is 12.2. The van der Waals surface area contributed by atoms with Gasteiger partial charge >= 0.3 is 0 Å². The van der Waals surface area contributed by atoms with Crippen molar-refractivity contribution in [2.75, 3.05) is 14.2 Å². The number of carbonyl (C=O) groups is 1. The van der Waals surface area contributed by atoms with Gasteiger partial charge in [0.15, 0.2) is 0 Å². The predicted molar refractivity (Wildman–Crippen MR) is 62.6 cm³/mol. The Labute approximate surface area is 103 Å². The molecule has 0 amide bonds. The first kappa shape index (κ1) is 13.0. The SMILES string of the molecule is COC1(OC)[C@H]2OC(C)(C)CC(=O)[C@H]2C1(C)C. The zero-order valence-electron chi connectivity index (χ0n) is 11.5. The quantitative estimate of drug-likeness (QED) is 0.692. The molecule has 0 unspecified atom stereocenters. The molecule has 2 rings (SSSR count). The highest BCUT2D eigenvalue weighted by Crippen LogP contribution is 2.61. The van der Waals surface area contributed by atoms with Crippen molar-refractivity contribution in [1.82, 2.24) is 0 Å². The second-order valence-electron chi connectivity index (χ2n) is 6.22. The van der Waals surface area contributed by atoms with Gasteiger partial charge in [-0.2, -0.15) is 0 Å². The molecule has 17 heavy (non-hydrogen) atoms. The molecule has 0 bridgehead atoms. The summed E-state index contributed by atoms with van der Waals surface area (Å²) in [4.78, 5) is 12.2. The van der Waals surface area contributed by atoms with Crippen molar-refractivity contribution in [3.8, 4) is 0 Å². The number of carbonyl (C=O) groups excluding carboxylic acids is 1. The molecule has 1 aliphatic heterocycles. The monoisotopic (exact) mass is 242 g/mol. The van der Waals surface area contributed by atoms with E-state index < -0.39 is 11.4 Å². The lowest BCUT2D eigenvalue weighted by molar-refractivity contribution is -0.417. The van der Waals surface area contributed by atoms with E-state index in [4.69, 9.17) is 14.2 Å². The van der Waals surface area contributed by atoms with Crippen molar-refractivity contribution in [2.45, 2.75) is 51.6 Å². The number of rotatable bonds is 2. The molecule has 98 valence electrons. The Balaban J connectivity index is 2.37. The summed E-state index contributed by atoms with van der Waals surface area (Å²) in [6.07, 6.45) is 0.157. The number of Topliss-reactive ketones (excluding diaryl/α,β-unsaturated/α-hetero) is 1. The fourth-order valence-corrected chi connectivity index (χ4v) is 3.56. The Morgan fingerprint density at radius 3 is 2.18 bits per heavy atom. The molecule has 0 radical (unpaired) electrons. The molecule has 4 nitrogen and oxygen atoms in total. The van der Waals surface area contributed by atoms with Gasteiger partial charge in [0.05, 0.1) is 11.5 Å². The minimum absolute atomic E-state index is 0.129. The van der Waals surface area contributed by atoms with E-state index in [9.17, 15) is 4.79 Å². The molecule has 1 aliphatic carbocycles. The molecule has 1 saturated heterocycles. The van der Waals surface area contributed by atoms with Gasteiger partial charge in [0, 0.05) is 26.1 Å². The van der Waals surface area contributed by atoms with Crippen molar-refractivity contribution in [3.63, 3.8) is 0 Å². The average molecular weight is 242 g/mol. The lowest BCUT2D eigenvalue weighted by atomic mass is 9.51. The summed E-state index contributed by atoms with van der Waals surface area (Å²) in [5.74, 6) is -0.693. The van der Waals surface area contributed by atoms with Crippen molar-refractivity contribution >= 4 is 5.78 Å². The standard InChI is InChI=1S/C13H22O4/c1-11(2)7-8(14)9-10(17-11)13(15-5,16-6)12(9,3)4/h9-10H,7H2,1-6H3/t9-,10+/m1/s1. The molecule has 1 heterocycles. The Bertz CT molecular complexity index is 341. The Kier molecular flexibility index (Phi) is 2.70. The third-order valence-corrected chi connectivity index (χ3v) is 4.35. The number of hydrogen-bond acceptors (Lipinski definition) is 4. The van der Waals surface area contributed by atoms with Crippen LogP contribution < -0.4 is 0 Å². The minimum Gasteiger partial charge on any atom is -0.365 e. The molecule has 4 heteroatoms. The van der Waals surface area contributed by atoms with Crippen LogP contribution in [0.25, 0.3) is 0 Å². The normalized spacial score (nSPS) is 37.2. The number of ketones is 1. The third-order valence-electron chi connectivity index (χ3n) is 4.35. The summed E-state index contributed by atoms with van der Waals surface area (Å²) in [6.45, 7) is 7.87. The maximum atomic E-state index is 12.2. The zero-order chi connectivity index (χ0) is 13.1. The minimum atomic E-state index is -0.814. The number of hydrogen-bond donors (Lipinski definition) is 0. The van der Waals surface area contributed by atoms with Gasteiger partial charge in [-0.3, -0.25) is 4.79 Å². The molecule has 2 fully saturated rings. The van der Waals surface area contributed by atoms with Crippen LogP contribution in [0, 0.1) is 11.3 Å². The summed E-state index contributed by atoms with van der Waals surface area (Å²) in [6, 6.07) is 0. The first-order valence-electron chi connectivity index (χ1n) is 6.03. The van der Waals surface area contributed by atoms with Crippen molar-refractivity contribution < 1.29 is 19.0 Å². The molecule has 2 aliphatic rings. The van der Waals surface area contributed by atoms with Crippen LogP contribution in [0.5, 0.6) is 0 Å². The Hall–Kier alpha value is -0.450. The molecule has 0 N–H and O–H groups in total. The number of fused-ring (bicyclic) bond motifs is 1. The Morgan fingerprint density at radius 2 is 1.71 bits per heavy atom. The van der Waals surface area contributed by atoms with E-state index >= 15 is 0 Å². The van der Waals surface area contributed by atoms with Crippen LogP contribution in [0.15, 0.2) is 0 Å². The number of methoxy groups -OCH3 is 2. The predicted octanol–water partition coefficient (Wildman–Crippen LogP) is 1.77. The highest BCUT2D eigenvalue weighted by molar-refractivity contribution is 5.86. The molecular formula is C13H22O4. The zero-order valence-corrected chi connectivity index (χ0v) is 11.5. The van der Waals surface area contributed by atoms with Gasteiger partial charge in [0.25, 0.3) is 0 Å². The maximum Gasteiger partial charge on any atom is 0.201 e. The summed E-state index contributed by atoms with van der Waals surface area (Å²) < 4.78 is 17.1. The van der Waals surface area contributed by atoms with Gasteiger partial charge in [0.1, 0.15) is 11.9 Å². The fraction of sp³-hybridized carbons (Fsp3) is 0.923. The second kappa shape index (κ2) is 3.53. The van der Waals surface area contributed by atoms with E-state index in [1.54, 1.807) is 14.2 Å². The molecule has 0 aromatic carbocycles. The number of ether oxygens (including phenoxy) is 3.